The van der Waals surface area contributed by atoms with E-state index in [1.165, 1.54) is 6.07 Å². The van der Waals surface area contributed by atoms with Crippen LogP contribution in [0, 0.1) is 5.92 Å². The highest BCUT2D eigenvalue weighted by molar-refractivity contribution is 6.37. The van der Waals surface area contributed by atoms with Crippen molar-refractivity contribution < 1.29 is 9.90 Å². The zero-order chi connectivity index (χ0) is 19.1. The summed E-state index contributed by atoms with van der Waals surface area (Å²) in [5.74, 6) is -0.967. The van der Waals surface area contributed by atoms with Crippen molar-refractivity contribution in [3.8, 4) is 0 Å². The summed E-state index contributed by atoms with van der Waals surface area (Å²) in [5.41, 5.74) is -0.575. The summed E-state index contributed by atoms with van der Waals surface area (Å²) in [6, 6.07) is 9.64. The molecule has 138 valence electrons. The van der Waals surface area contributed by atoms with Gasteiger partial charge >= 0.3 is 0 Å². The molecular formula is C19H17Cl4NO2. The lowest BCUT2D eigenvalue weighted by atomic mass is 9.72. The van der Waals surface area contributed by atoms with Gasteiger partial charge in [0.2, 0.25) is 0 Å². The minimum absolute atomic E-state index is 0.244. The second-order valence-corrected chi connectivity index (χ2v) is 8.29. The van der Waals surface area contributed by atoms with E-state index in [0.29, 0.717) is 45.7 Å². The molecule has 0 radical (unpaired) electrons. The molecule has 1 unspecified atom stereocenters. The van der Waals surface area contributed by atoms with Gasteiger partial charge in [0.1, 0.15) is 5.60 Å². The van der Waals surface area contributed by atoms with Crippen LogP contribution in [0.5, 0.6) is 0 Å². The lowest BCUT2D eigenvalue weighted by Gasteiger charge is -2.43. The number of piperidine rings is 1. The highest BCUT2D eigenvalue weighted by atomic mass is 35.5. The summed E-state index contributed by atoms with van der Waals surface area (Å²) in [4.78, 5) is 15.3. The van der Waals surface area contributed by atoms with Crippen LogP contribution >= 0.6 is 46.4 Å². The fourth-order valence-electron chi connectivity index (χ4n) is 3.43. The molecule has 0 saturated carbocycles. The number of halogens is 4. The maximum atomic E-state index is 13.3. The van der Waals surface area contributed by atoms with E-state index in [1.54, 1.807) is 30.3 Å². The molecule has 1 aliphatic rings. The first kappa shape index (κ1) is 19.9. The van der Waals surface area contributed by atoms with Crippen molar-refractivity contribution in [2.75, 3.05) is 20.1 Å². The summed E-state index contributed by atoms with van der Waals surface area (Å²) in [6.45, 7) is 1.01. The molecular weight excluding hydrogens is 416 g/mol. The Kier molecular flexibility index (Phi) is 5.88. The fourth-order valence-corrected chi connectivity index (χ4v) is 4.50. The zero-order valence-electron chi connectivity index (χ0n) is 14.0. The number of carbonyl (C=O) groups excluding carboxylic acids is 1. The molecule has 2 aromatic carbocycles. The SMILES string of the molecule is CN1CC[C@](O)(c2ccc(Cl)cc2Cl)C(C(=O)c2ccc(Cl)cc2Cl)C1. The highest BCUT2D eigenvalue weighted by Crippen LogP contribution is 2.43. The minimum atomic E-state index is -1.41. The molecule has 3 nitrogen and oxygen atoms in total. The van der Waals surface area contributed by atoms with Gasteiger partial charge in [0.25, 0.3) is 0 Å². The summed E-state index contributed by atoms with van der Waals surface area (Å²) in [7, 11) is 1.91. The van der Waals surface area contributed by atoms with Gasteiger partial charge in [0, 0.05) is 39.3 Å². The van der Waals surface area contributed by atoms with Crippen LogP contribution in [0.15, 0.2) is 36.4 Å². The number of benzene rings is 2. The Morgan fingerprint density at radius 3 is 2.31 bits per heavy atom. The van der Waals surface area contributed by atoms with Crippen LogP contribution in [0.4, 0.5) is 0 Å². The fraction of sp³-hybridized carbons (Fsp3) is 0.316. The van der Waals surface area contributed by atoms with E-state index in [9.17, 15) is 9.90 Å². The van der Waals surface area contributed by atoms with E-state index in [1.807, 2.05) is 11.9 Å². The number of carbonyl (C=O) groups is 1. The van der Waals surface area contributed by atoms with Crippen molar-refractivity contribution >= 4 is 52.2 Å². The number of nitrogens with zero attached hydrogens (tertiary/aromatic N) is 1. The first-order valence-corrected chi connectivity index (χ1v) is 9.59. The number of Topliss-reactive ketones (excluding diaryl/α,β-unsaturated/α-hetero) is 1. The first-order valence-electron chi connectivity index (χ1n) is 8.08. The topological polar surface area (TPSA) is 40.5 Å². The molecule has 2 aromatic rings. The average Bonchev–Trinajstić information content (AvgIpc) is 2.56. The molecule has 1 heterocycles. The van der Waals surface area contributed by atoms with Gasteiger partial charge in [-0.3, -0.25) is 4.79 Å². The Bertz CT molecular complexity index is 857. The van der Waals surface area contributed by atoms with E-state index in [-0.39, 0.29) is 10.8 Å². The number of ketones is 1. The Labute approximate surface area is 172 Å². The summed E-state index contributed by atoms with van der Waals surface area (Å²) in [6.07, 6.45) is 0.368. The number of rotatable bonds is 3. The molecule has 1 fully saturated rings. The molecule has 1 aliphatic heterocycles. The van der Waals surface area contributed by atoms with Gasteiger partial charge in [-0.1, -0.05) is 52.5 Å². The summed E-state index contributed by atoms with van der Waals surface area (Å²) < 4.78 is 0. The summed E-state index contributed by atoms with van der Waals surface area (Å²) in [5, 5.41) is 13.0. The summed E-state index contributed by atoms with van der Waals surface area (Å²) >= 11 is 24.5. The lowest BCUT2D eigenvalue weighted by molar-refractivity contribution is -0.0593. The predicted molar refractivity (Wildman–Crippen MR) is 107 cm³/mol. The molecule has 0 amide bonds. The van der Waals surface area contributed by atoms with E-state index in [4.69, 9.17) is 46.4 Å². The Hall–Kier alpha value is -0.810. The maximum absolute atomic E-state index is 13.3. The van der Waals surface area contributed by atoms with Crippen LogP contribution < -0.4 is 0 Å². The number of likely N-dealkylation sites (tertiary alicyclic amines) is 1. The van der Waals surface area contributed by atoms with Gasteiger partial charge in [-0.2, -0.15) is 0 Å². The minimum Gasteiger partial charge on any atom is -0.384 e. The zero-order valence-corrected chi connectivity index (χ0v) is 17.0. The van der Waals surface area contributed by atoms with Crippen LogP contribution in [0.25, 0.3) is 0 Å². The third-order valence-corrected chi connectivity index (χ3v) is 5.95. The van der Waals surface area contributed by atoms with Gasteiger partial charge < -0.3 is 10.0 Å². The van der Waals surface area contributed by atoms with Crippen LogP contribution in [0.2, 0.25) is 20.1 Å². The molecule has 1 N–H and O–H groups in total. The highest BCUT2D eigenvalue weighted by Gasteiger charge is 2.47. The van der Waals surface area contributed by atoms with Gasteiger partial charge in [0.15, 0.2) is 5.78 Å². The third kappa shape index (κ3) is 3.75. The van der Waals surface area contributed by atoms with Crippen molar-refractivity contribution in [1.82, 2.24) is 4.90 Å². The Balaban J connectivity index is 2.07. The van der Waals surface area contributed by atoms with E-state index in [0.717, 1.165) is 0 Å². The molecule has 1 saturated heterocycles. The molecule has 7 heteroatoms. The first-order chi connectivity index (χ1) is 12.2. The van der Waals surface area contributed by atoms with Crippen molar-refractivity contribution in [3.05, 3.63) is 67.6 Å². The van der Waals surface area contributed by atoms with Crippen molar-refractivity contribution in [2.24, 2.45) is 5.92 Å². The van der Waals surface area contributed by atoms with Crippen LogP contribution in [-0.4, -0.2) is 35.9 Å². The molecule has 2 atom stereocenters. The van der Waals surface area contributed by atoms with Gasteiger partial charge in [-0.05, 0) is 43.8 Å². The quantitative estimate of drug-likeness (QED) is 0.667. The van der Waals surface area contributed by atoms with Crippen LogP contribution in [0.1, 0.15) is 22.3 Å². The second kappa shape index (κ2) is 7.67. The molecule has 26 heavy (non-hydrogen) atoms. The van der Waals surface area contributed by atoms with Gasteiger partial charge in [-0.15, -0.1) is 0 Å². The average molecular weight is 433 g/mol. The molecule has 0 bridgehead atoms. The van der Waals surface area contributed by atoms with Gasteiger partial charge in [-0.25, -0.2) is 0 Å². The van der Waals surface area contributed by atoms with Crippen LogP contribution in [0.3, 0.4) is 0 Å². The van der Waals surface area contributed by atoms with Crippen molar-refractivity contribution in [2.45, 2.75) is 12.0 Å². The number of hydrogen-bond acceptors (Lipinski definition) is 3. The maximum Gasteiger partial charge on any atom is 0.171 e. The number of aliphatic hydroxyl groups is 1. The molecule has 0 spiro atoms. The van der Waals surface area contributed by atoms with Crippen molar-refractivity contribution in [1.29, 1.82) is 0 Å². The largest absolute Gasteiger partial charge is 0.384 e. The van der Waals surface area contributed by atoms with Gasteiger partial charge in [0.05, 0.1) is 10.9 Å². The predicted octanol–water partition coefficient (Wildman–Crippen LogP) is 5.32. The lowest BCUT2D eigenvalue weighted by Crippen LogP contribution is -2.52. The van der Waals surface area contributed by atoms with E-state index >= 15 is 0 Å². The molecule has 3 rings (SSSR count). The van der Waals surface area contributed by atoms with E-state index < -0.39 is 11.5 Å². The standard InChI is InChI=1S/C19H17Cl4NO2/c1-24-7-6-19(26,14-5-3-12(21)9-17(14)23)15(10-24)18(25)13-4-2-11(20)8-16(13)22/h2-5,8-9,15,26H,6-7,10H2,1H3/t15?,19-/m0/s1. The number of hydrogen-bond donors (Lipinski definition) is 1. The second-order valence-electron chi connectivity index (χ2n) is 6.60. The van der Waals surface area contributed by atoms with E-state index in [2.05, 4.69) is 0 Å². The smallest absolute Gasteiger partial charge is 0.171 e. The Morgan fingerprint density at radius 2 is 1.69 bits per heavy atom. The Morgan fingerprint density at radius 1 is 1.08 bits per heavy atom. The molecule has 0 aromatic heterocycles. The van der Waals surface area contributed by atoms with Crippen molar-refractivity contribution in [3.63, 3.8) is 0 Å². The normalized spacial score (nSPS) is 23.8. The monoisotopic (exact) mass is 431 g/mol. The third-order valence-electron chi connectivity index (χ3n) is 4.86. The molecule has 0 aliphatic carbocycles. The van der Waals surface area contributed by atoms with Crippen LogP contribution in [-0.2, 0) is 5.60 Å².